The second-order valence-electron chi connectivity index (χ2n) is 7.88. The van der Waals surface area contributed by atoms with Gasteiger partial charge in [-0.25, -0.2) is 0 Å². The number of amides is 1. The van der Waals surface area contributed by atoms with Gasteiger partial charge in [0.25, 0.3) is 5.91 Å². The Morgan fingerprint density at radius 1 is 1.06 bits per heavy atom. The molecule has 0 radical (unpaired) electrons. The molecule has 31 heavy (non-hydrogen) atoms. The number of carbonyl (C=O) groups is 1. The summed E-state index contributed by atoms with van der Waals surface area (Å²) in [5, 5.41) is 2.70. The molecule has 3 aromatic rings. The van der Waals surface area contributed by atoms with E-state index >= 15 is 0 Å². The highest BCUT2D eigenvalue weighted by Crippen LogP contribution is 2.31. The minimum absolute atomic E-state index is 0.126. The van der Waals surface area contributed by atoms with Crippen LogP contribution in [-0.4, -0.2) is 10.5 Å². The predicted molar refractivity (Wildman–Crippen MR) is 115 cm³/mol. The fourth-order valence-electron chi connectivity index (χ4n) is 3.80. The number of halogens is 3. The van der Waals surface area contributed by atoms with Crippen molar-refractivity contribution in [3.8, 4) is 0 Å². The molecule has 0 aliphatic rings. The molecule has 1 heterocycles. The highest BCUT2D eigenvalue weighted by atomic mass is 19.4. The van der Waals surface area contributed by atoms with Gasteiger partial charge in [-0.15, -0.1) is 0 Å². The van der Waals surface area contributed by atoms with Crippen molar-refractivity contribution in [3.63, 3.8) is 0 Å². The van der Waals surface area contributed by atoms with Gasteiger partial charge < -0.3 is 9.88 Å². The van der Waals surface area contributed by atoms with E-state index in [4.69, 9.17) is 0 Å². The zero-order chi connectivity index (χ0) is 23.1. The lowest BCUT2D eigenvalue weighted by atomic mass is 9.96. The summed E-state index contributed by atoms with van der Waals surface area (Å²) in [5.74, 6) is -0.614. The zero-order valence-electron chi connectivity index (χ0n) is 18.1. The lowest BCUT2D eigenvalue weighted by Gasteiger charge is -2.19. The summed E-state index contributed by atoms with van der Waals surface area (Å²) < 4.78 is 41.1. The minimum atomic E-state index is -4.58. The summed E-state index contributed by atoms with van der Waals surface area (Å²) in [6.07, 6.45) is -3.17. The molecule has 0 spiro atoms. The van der Waals surface area contributed by atoms with Gasteiger partial charge in [-0.2, -0.15) is 13.2 Å². The van der Waals surface area contributed by atoms with Crippen molar-refractivity contribution in [3.05, 3.63) is 80.1 Å². The van der Waals surface area contributed by atoms with E-state index in [-0.39, 0.29) is 17.0 Å². The summed E-state index contributed by atoms with van der Waals surface area (Å²) in [5.41, 5.74) is 2.70. The topological polar surface area (TPSA) is 51.1 Å². The van der Waals surface area contributed by atoms with Crippen molar-refractivity contribution >= 4 is 16.8 Å². The van der Waals surface area contributed by atoms with Gasteiger partial charge in [-0.3, -0.25) is 9.59 Å². The molecule has 0 aliphatic heterocycles. The molecule has 0 fully saturated rings. The van der Waals surface area contributed by atoms with Crippen LogP contribution >= 0.6 is 0 Å². The SMILES string of the molecule is CCn1cc(C(=O)N[C@H](C)c2cc(C)c(C)cc2C)c(=O)c2cc(C(F)(F)F)ccc21. The number of aromatic nitrogens is 1. The van der Waals surface area contributed by atoms with Crippen LogP contribution in [-0.2, 0) is 12.7 Å². The number of nitrogens with one attached hydrogen (secondary N) is 1. The van der Waals surface area contributed by atoms with Crippen molar-refractivity contribution < 1.29 is 18.0 Å². The quantitative estimate of drug-likeness (QED) is 0.598. The molecule has 0 aliphatic carbocycles. The van der Waals surface area contributed by atoms with E-state index in [0.717, 1.165) is 34.4 Å². The molecule has 1 N–H and O–H groups in total. The molecule has 7 heteroatoms. The largest absolute Gasteiger partial charge is 0.416 e. The molecule has 4 nitrogen and oxygen atoms in total. The molecule has 1 atom stereocenters. The van der Waals surface area contributed by atoms with Crippen molar-refractivity contribution in [2.75, 3.05) is 0 Å². The Morgan fingerprint density at radius 3 is 2.32 bits per heavy atom. The third-order valence-electron chi connectivity index (χ3n) is 5.69. The van der Waals surface area contributed by atoms with Gasteiger partial charge in [0, 0.05) is 18.1 Å². The number of benzene rings is 2. The summed E-state index contributed by atoms with van der Waals surface area (Å²) in [6.45, 7) is 9.94. The van der Waals surface area contributed by atoms with Crippen LogP contribution in [0.1, 0.15) is 58.1 Å². The van der Waals surface area contributed by atoms with Crippen molar-refractivity contribution in [1.29, 1.82) is 0 Å². The maximum Gasteiger partial charge on any atom is 0.416 e. The number of aryl methyl sites for hydroxylation is 4. The van der Waals surface area contributed by atoms with Gasteiger partial charge in [-0.05, 0) is 75.1 Å². The summed E-state index contributed by atoms with van der Waals surface area (Å²) in [7, 11) is 0. The Bertz CT molecular complexity index is 1230. The highest BCUT2D eigenvalue weighted by molar-refractivity contribution is 5.97. The molecule has 3 rings (SSSR count). The molecule has 0 unspecified atom stereocenters. The second-order valence-corrected chi connectivity index (χ2v) is 7.88. The molecule has 1 aromatic heterocycles. The van der Waals surface area contributed by atoms with Crippen LogP contribution in [0, 0.1) is 20.8 Å². The Hall–Kier alpha value is -3.09. The first kappa shape index (κ1) is 22.6. The normalized spacial score (nSPS) is 12.8. The molecule has 0 saturated heterocycles. The van der Waals surface area contributed by atoms with E-state index < -0.39 is 23.1 Å². The molecular formula is C24H25F3N2O2. The number of hydrogen-bond acceptors (Lipinski definition) is 2. The van der Waals surface area contributed by atoms with E-state index in [1.54, 1.807) is 11.5 Å². The Morgan fingerprint density at radius 2 is 1.71 bits per heavy atom. The second kappa shape index (κ2) is 8.21. The maximum absolute atomic E-state index is 13.2. The fraction of sp³-hybridized carbons (Fsp3) is 0.333. The molecule has 164 valence electrons. The van der Waals surface area contributed by atoms with Gasteiger partial charge in [-0.1, -0.05) is 12.1 Å². The predicted octanol–water partition coefficient (Wildman–Crippen LogP) is 5.46. The Kier molecular flexibility index (Phi) is 5.98. The van der Waals surface area contributed by atoms with Gasteiger partial charge in [0.05, 0.1) is 17.1 Å². The van der Waals surface area contributed by atoms with E-state index in [9.17, 15) is 22.8 Å². The number of alkyl halides is 3. The van der Waals surface area contributed by atoms with Gasteiger partial charge >= 0.3 is 6.18 Å². The van der Waals surface area contributed by atoms with Crippen LogP contribution in [0.2, 0.25) is 0 Å². The first-order chi connectivity index (χ1) is 14.4. The fourth-order valence-corrected chi connectivity index (χ4v) is 3.80. The molecule has 2 aromatic carbocycles. The lowest BCUT2D eigenvalue weighted by molar-refractivity contribution is -0.137. The summed E-state index contributed by atoms with van der Waals surface area (Å²) >= 11 is 0. The number of nitrogens with zero attached hydrogens (tertiary/aromatic N) is 1. The number of carbonyl (C=O) groups excluding carboxylic acids is 1. The van der Waals surface area contributed by atoms with E-state index in [1.165, 1.54) is 12.3 Å². The average Bonchev–Trinajstić information content (AvgIpc) is 2.70. The number of pyridine rings is 1. The van der Waals surface area contributed by atoms with Crippen LogP contribution in [0.15, 0.2) is 41.3 Å². The van der Waals surface area contributed by atoms with E-state index in [2.05, 4.69) is 5.32 Å². The van der Waals surface area contributed by atoms with Gasteiger partial charge in [0.15, 0.2) is 0 Å². The Balaban J connectivity index is 2.05. The first-order valence-electron chi connectivity index (χ1n) is 10.1. The third-order valence-corrected chi connectivity index (χ3v) is 5.69. The van der Waals surface area contributed by atoms with Crippen LogP contribution in [0.4, 0.5) is 13.2 Å². The number of rotatable bonds is 4. The van der Waals surface area contributed by atoms with Crippen LogP contribution in [0.5, 0.6) is 0 Å². The van der Waals surface area contributed by atoms with Crippen molar-refractivity contribution in [2.24, 2.45) is 0 Å². The molecule has 0 bridgehead atoms. The van der Waals surface area contributed by atoms with Crippen LogP contribution < -0.4 is 10.7 Å². The average molecular weight is 430 g/mol. The number of fused-ring (bicyclic) bond motifs is 1. The maximum atomic E-state index is 13.2. The van der Waals surface area contributed by atoms with Gasteiger partial charge in [0.1, 0.15) is 5.56 Å². The van der Waals surface area contributed by atoms with E-state index in [1.807, 2.05) is 39.8 Å². The highest BCUT2D eigenvalue weighted by Gasteiger charge is 2.31. The van der Waals surface area contributed by atoms with Crippen LogP contribution in [0.3, 0.4) is 0 Å². The van der Waals surface area contributed by atoms with Crippen molar-refractivity contribution in [1.82, 2.24) is 9.88 Å². The smallest absolute Gasteiger partial charge is 0.347 e. The molecule has 1 amide bonds. The van der Waals surface area contributed by atoms with E-state index in [0.29, 0.717) is 12.1 Å². The van der Waals surface area contributed by atoms with Crippen LogP contribution in [0.25, 0.3) is 10.9 Å². The summed E-state index contributed by atoms with van der Waals surface area (Å²) in [6, 6.07) is 6.68. The third kappa shape index (κ3) is 4.36. The lowest BCUT2D eigenvalue weighted by Crippen LogP contribution is -2.32. The molecular weight excluding hydrogens is 405 g/mol. The Labute approximate surface area is 178 Å². The minimum Gasteiger partial charge on any atom is -0.347 e. The summed E-state index contributed by atoms with van der Waals surface area (Å²) in [4.78, 5) is 25.9. The van der Waals surface area contributed by atoms with Crippen molar-refractivity contribution in [2.45, 2.75) is 53.4 Å². The monoisotopic (exact) mass is 430 g/mol. The number of hydrogen-bond donors (Lipinski definition) is 1. The standard InChI is InChI=1S/C24H25F3N2O2/c1-6-29-12-20(22(30)19-11-17(24(25,26)27)7-8-21(19)29)23(31)28-16(5)18-10-14(3)13(2)9-15(18)4/h7-12,16H,6H2,1-5H3,(H,28,31)/t16-/m1/s1. The zero-order valence-corrected chi connectivity index (χ0v) is 18.1. The molecule has 0 saturated carbocycles. The first-order valence-corrected chi connectivity index (χ1v) is 10.1. The van der Waals surface area contributed by atoms with Gasteiger partial charge in [0.2, 0.25) is 5.43 Å².